The van der Waals surface area contributed by atoms with Crippen LogP contribution in [0.5, 0.6) is 5.75 Å². The largest absolute Gasteiger partial charge is 0.497 e. The lowest BCUT2D eigenvalue weighted by molar-refractivity contribution is 0.199. The highest BCUT2D eigenvalue weighted by molar-refractivity contribution is 5.87. The Morgan fingerprint density at radius 1 is 1.16 bits per heavy atom. The molecule has 0 saturated heterocycles. The van der Waals surface area contributed by atoms with E-state index in [1.54, 1.807) is 12.0 Å². The Labute approximate surface area is 188 Å². The van der Waals surface area contributed by atoms with Gasteiger partial charge >= 0.3 is 6.03 Å². The van der Waals surface area contributed by atoms with Gasteiger partial charge in [-0.25, -0.2) is 4.79 Å². The Bertz CT molecular complexity index is 1150. The third-order valence-electron chi connectivity index (χ3n) is 5.54. The van der Waals surface area contributed by atoms with E-state index >= 15 is 0 Å². The van der Waals surface area contributed by atoms with E-state index in [4.69, 9.17) is 14.2 Å². The number of nitrogens with zero attached hydrogens (tertiary/aromatic N) is 3. The Morgan fingerprint density at radius 3 is 2.59 bits per heavy atom. The van der Waals surface area contributed by atoms with Gasteiger partial charge in [-0.2, -0.15) is 4.98 Å². The molecule has 0 radical (unpaired) electrons. The molecule has 0 fully saturated rings. The van der Waals surface area contributed by atoms with Gasteiger partial charge in [0.25, 0.3) is 5.89 Å². The molecule has 2 heterocycles. The van der Waals surface area contributed by atoms with Crippen molar-refractivity contribution in [3.63, 3.8) is 0 Å². The number of hydrogen-bond acceptors (Lipinski definition) is 5. The highest BCUT2D eigenvalue weighted by atomic mass is 16.5. The van der Waals surface area contributed by atoms with E-state index in [2.05, 4.69) is 24.3 Å². The second-order valence-corrected chi connectivity index (χ2v) is 8.45. The van der Waals surface area contributed by atoms with Gasteiger partial charge in [-0.05, 0) is 37.5 Å². The average molecular weight is 433 g/mol. The zero-order valence-corrected chi connectivity index (χ0v) is 19.0. The number of allylic oxidation sites excluding steroid dienone is 1. The van der Waals surface area contributed by atoms with Gasteiger partial charge in [-0.3, -0.25) is 4.90 Å². The number of hydrogen-bond donors (Lipinski definition) is 1. The SMILES string of the molecule is COc1cccc(C2NC(=O)N(CC(C)C)C(C)=C2c2nc(-c3ccc(C)cc3)no2)c1. The van der Waals surface area contributed by atoms with E-state index in [-0.39, 0.29) is 6.03 Å². The molecule has 3 aromatic rings. The number of nitrogens with one attached hydrogen (secondary N) is 1. The van der Waals surface area contributed by atoms with E-state index in [9.17, 15) is 4.79 Å². The smallest absolute Gasteiger partial charge is 0.322 e. The molecule has 166 valence electrons. The van der Waals surface area contributed by atoms with Gasteiger partial charge in [0.05, 0.1) is 18.7 Å². The summed E-state index contributed by atoms with van der Waals surface area (Å²) in [5, 5.41) is 7.34. The molecule has 1 unspecified atom stereocenters. The number of amides is 2. The lowest BCUT2D eigenvalue weighted by atomic mass is 9.94. The number of urea groups is 1. The summed E-state index contributed by atoms with van der Waals surface area (Å²) in [5.74, 6) is 1.91. The fourth-order valence-electron chi connectivity index (χ4n) is 3.87. The normalized spacial score (nSPS) is 16.5. The van der Waals surface area contributed by atoms with Gasteiger partial charge in [0.1, 0.15) is 5.75 Å². The molecule has 1 aliphatic rings. The average Bonchev–Trinajstić information content (AvgIpc) is 3.26. The third kappa shape index (κ3) is 4.23. The molecule has 0 aliphatic carbocycles. The first-order valence-corrected chi connectivity index (χ1v) is 10.7. The lowest BCUT2D eigenvalue weighted by Gasteiger charge is -2.36. The molecule has 7 nitrogen and oxygen atoms in total. The van der Waals surface area contributed by atoms with Crippen molar-refractivity contribution in [1.29, 1.82) is 0 Å². The van der Waals surface area contributed by atoms with Crippen LogP contribution in [0.3, 0.4) is 0 Å². The quantitative estimate of drug-likeness (QED) is 0.579. The molecule has 0 bridgehead atoms. The molecule has 1 aromatic heterocycles. The summed E-state index contributed by atoms with van der Waals surface area (Å²) < 4.78 is 11.1. The van der Waals surface area contributed by atoms with Crippen molar-refractivity contribution >= 4 is 11.6 Å². The molecule has 0 spiro atoms. The van der Waals surface area contributed by atoms with Crippen LogP contribution in [0.1, 0.15) is 43.8 Å². The van der Waals surface area contributed by atoms with Crippen LogP contribution in [0, 0.1) is 12.8 Å². The van der Waals surface area contributed by atoms with Gasteiger partial charge in [0.2, 0.25) is 5.82 Å². The van der Waals surface area contributed by atoms with E-state index in [1.807, 2.05) is 62.4 Å². The van der Waals surface area contributed by atoms with Crippen LogP contribution in [0.2, 0.25) is 0 Å². The van der Waals surface area contributed by atoms with Crippen molar-refractivity contribution in [2.45, 2.75) is 33.7 Å². The van der Waals surface area contributed by atoms with E-state index < -0.39 is 6.04 Å². The number of ether oxygens (including phenoxy) is 1. The predicted molar refractivity (Wildman–Crippen MR) is 123 cm³/mol. The van der Waals surface area contributed by atoms with Gasteiger partial charge in [-0.15, -0.1) is 0 Å². The zero-order chi connectivity index (χ0) is 22.8. The highest BCUT2D eigenvalue weighted by Crippen LogP contribution is 2.38. The van der Waals surface area contributed by atoms with Gasteiger partial charge in [-0.1, -0.05) is 61.0 Å². The summed E-state index contributed by atoms with van der Waals surface area (Å²) in [6.07, 6.45) is 0. The number of carbonyl (C=O) groups excluding carboxylic acids is 1. The molecule has 1 aliphatic heterocycles. The number of rotatable bonds is 6. The zero-order valence-electron chi connectivity index (χ0n) is 19.0. The van der Waals surface area contributed by atoms with Gasteiger partial charge < -0.3 is 14.6 Å². The summed E-state index contributed by atoms with van der Waals surface area (Å²) in [6, 6.07) is 15.0. The molecule has 1 atom stereocenters. The van der Waals surface area contributed by atoms with Crippen molar-refractivity contribution in [1.82, 2.24) is 20.4 Å². The van der Waals surface area contributed by atoms with Crippen molar-refractivity contribution in [3.05, 3.63) is 71.2 Å². The van der Waals surface area contributed by atoms with Crippen LogP contribution in [0.4, 0.5) is 4.79 Å². The van der Waals surface area contributed by atoms with E-state index in [0.29, 0.717) is 29.9 Å². The summed E-state index contributed by atoms with van der Waals surface area (Å²) >= 11 is 0. The molecule has 32 heavy (non-hydrogen) atoms. The van der Waals surface area contributed by atoms with Crippen LogP contribution in [0.25, 0.3) is 17.0 Å². The first kappa shape index (κ1) is 21.6. The molecule has 2 aromatic carbocycles. The van der Waals surface area contributed by atoms with Crippen molar-refractivity contribution < 1.29 is 14.1 Å². The molecular weight excluding hydrogens is 404 g/mol. The van der Waals surface area contributed by atoms with Crippen molar-refractivity contribution in [3.8, 4) is 17.1 Å². The maximum Gasteiger partial charge on any atom is 0.322 e. The number of aryl methyl sites for hydroxylation is 1. The van der Waals surface area contributed by atoms with Crippen LogP contribution in [0.15, 0.2) is 58.8 Å². The summed E-state index contributed by atoms with van der Waals surface area (Å²) in [4.78, 5) is 19.4. The molecule has 0 saturated carbocycles. The second kappa shape index (κ2) is 8.86. The predicted octanol–water partition coefficient (Wildman–Crippen LogP) is 5.21. The summed E-state index contributed by atoms with van der Waals surface area (Å²) in [5.41, 5.74) is 4.50. The Balaban J connectivity index is 1.81. The van der Waals surface area contributed by atoms with Crippen molar-refractivity contribution in [2.24, 2.45) is 5.92 Å². The molecular formula is C25H28N4O3. The van der Waals surface area contributed by atoms with Crippen molar-refractivity contribution in [2.75, 3.05) is 13.7 Å². The monoisotopic (exact) mass is 432 g/mol. The van der Waals surface area contributed by atoms with E-state index in [1.165, 1.54) is 0 Å². The second-order valence-electron chi connectivity index (χ2n) is 8.45. The summed E-state index contributed by atoms with van der Waals surface area (Å²) in [7, 11) is 1.62. The minimum atomic E-state index is -0.438. The highest BCUT2D eigenvalue weighted by Gasteiger charge is 2.36. The number of methoxy groups -OCH3 is 1. The van der Waals surface area contributed by atoms with E-state index in [0.717, 1.165) is 28.0 Å². The maximum absolute atomic E-state index is 13.0. The Kier molecular flexibility index (Phi) is 5.99. The molecule has 7 heteroatoms. The summed E-state index contributed by atoms with van der Waals surface area (Å²) in [6.45, 7) is 8.71. The van der Waals surface area contributed by atoms with Crippen LogP contribution in [-0.2, 0) is 0 Å². The Hall–Kier alpha value is -3.61. The molecule has 2 amide bonds. The van der Waals surface area contributed by atoms with Gasteiger partial charge in [0.15, 0.2) is 0 Å². The molecule has 4 rings (SSSR count). The van der Waals surface area contributed by atoms with Gasteiger partial charge in [0, 0.05) is 17.8 Å². The standard InChI is InChI=1S/C25H28N4O3/c1-15(2)14-29-17(4)21(22(26-25(29)30)19-7-6-8-20(13-19)31-5)24-27-23(28-32-24)18-11-9-16(3)10-12-18/h6-13,15,22H,14H2,1-5H3,(H,26,30). The topological polar surface area (TPSA) is 80.5 Å². The lowest BCUT2D eigenvalue weighted by Crippen LogP contribution is -2.47. The third-order valence-corrected chi connectivity index (χ3v) is 5.54. The maximum atomic E-state index is 13.0. The Morgan fingerprint density at radius 2 is 1.91 bits per heavy atom. The first-order valence-electron chi connectivity index (χ1n) is 10.7. The van der Waals surface area contributed by atoms with Crippen LogP contribution < -0.4 is 10.1 Å². The fourth-order valence-corrected chi connectivity index (χ4v) is 3.87. The number of aromatic nitrogens is 2. The fraction of sp³-hybridized carbons (Fsp3) is 0.320. The number of benzene rings is 2. The minimum absolute atomic E-state index is 0.147. The molecule has 1 N–H and O–H groups in total. The van der Waals surface area contributed by atoms with Crippen LogP contribution >= 0.6 is 0 Å². The minimum Gasteiger partial charge on any atom is -0.497 e. The first-order chi connectivity index (χ1) is 15.4. The number of carbonyl (C=O) groups is 1. The van der Waals surface area contributed by atoms with Crippen LogP contribution in [-0.4, -0.2) is 34.7 Å².